The summed E-state index contributed by atoms with van der Waals surface area (Å²) < 4.78 is 13.0. The van der Waals surface area contributed by atoms with Crippen LogP contribution in [0.1, 0.15) is 12.8 Å². The number of hydrogen-bond donors (Lipinski definition) is 0. The van der Waals surface area contributed by atoms with Crippen LogP contribution >= 0.6 is 59.4 Å². The van der Waals surface area contributed by atoms with Crippen LogP contribution in [-0.2, 0) is 9.59 Å². The molecule has 24 heavy (non-hydrogen) atoms. The number of carbonyl (C=O) groups is 2. The van der Waals surface area contributed by atoms with Crippen molar-refractivity contribution in [2.75, 3.05) is 18.5 Å². The Labute approximate surface area is 169 Å². The fraction of sp³-hybridized carbons (Fsp3) is 0.467. The maximum atomic E-state index is 13.4. The maximum Gasteiger partial charge on any atom is 0.249 e. The van der Waals surface area contributed by atoms with E-state index in [0.717, 1.165) is 0 Å². The van der Waals surface area contributed by atoms with Gasteiger partial charge in [0.25, 0.3) is 0 Å². The van der Waals surface area contributed by atoms with Gasteiger partial charge in [0.05, 0.1) is 4.47 Å². The van der Waals surface area contributed by atoms with Crippen molar-refractivity contribution in [3.8, 4) is 0 Å². The highest BCUT2D eigenvalue weighted by Gasteiger charge is 2.70. The van der Waals surface area contributed by atoms with Gasteiger partial charge in [-0.15, -0.1) is 11.6 Å². The first-order chi connectivity index (χ1) is 11.1. The maximum absolute atomic E-state index is 13.4. The normalized spacial score (nSPS) is 28.2. The molecule has 130 valence electrons. The second-order valence-corrected chi connectivity index (χ2v) is 11.3. The van der Waals surface area contributed by atoms with Crippen molar-refractivity contribution < 1.29 is 14.0 Å². The van der Waals surface area contributed by atoms with Gasteiger partial charge in [-0.05, 0) is 40.5 Å². The Morgan fingerprint density at radius 1 is 1.46 bits per heavy atom. The van der Waals surface area contributed by atoms with Crippen molar-refractivity contribution in [3.63, 3.8) is 0 Å². The van der Waals surface area contributed by atoms with Crippen molar-refractivity contribution in [3.05, 3.63) is 28.5 Å². The summed E-state index contributed by atoms with van der Waals surface area (Å²) in [5.74, 6) is -0.878. The molecule has 9 heteroatoms. The largest absolute Gasteiger partial charge is 0.332 e. The van der Waals surface area contributed by atoms with Gasteiger partial charge < -0.3 is 9.80 Å². The SMILES string of the molecule is CN(C(=O)C1(Cl)CC1(Br)Br)C1CCN(c2ccc(F)c(Br)c2)C1=O. The molecule has 0 aromatic heterocycles. The fourth-order valence-electron chi connectivity index (χ4n) is 2.85. The van der Waals surface area contributed by atoms with E-state index >= 15 is 0 Å². The summed E-state index contributed by atoms with van der Waals surface area (Å²) in [6, 6.07) is 3.84. The summed E-state index contributed by atoms with van der Waals surface area (Å²) in [6.07, 6.45) is 0.945. The lowest BCUT2D eigenvalue weighted by Crippen LogP contribution is -2.47. The highest BCUT2D eigenvalue weighted by Crippen LogP contribution is 2.64. The third-order valence-electron chi connectivity index (χ3n) is 4.44. The molecule has 1 aliphatic carbocycles. The molecule has 2 aliphatic rings. The molecule has 0 radical (unpaired) electrons. The molecule has 0 bridgehead atoms. The number of alkyl halides is 3. The van der Waals surface area contributed by atoms with Gasteiger partial charge in [0, 0.05) is 25.7 Å². The zero-order valence-corrected chi connectivity index (χ0v) is 18.0. The summed E-state index contributed by atoms with van der Waals surface area (Å²) in [4.78, 5) is 27.2. The van der Waals surface area contributed by atoms with Crippen LogP contribution < -0.4 is 4.90 Å². The fourth-order valence-corrected chi connectivity index (χ4v) is 5.05. The minimum atomic E-state index is -1.08. The number of nitrogens with zero attached hydrogens (tertiary/aromatic N) is 2. The van der Waals surface area contributed by atoms with E-state index in [1.165, 1.54) is 11.0 Å². The van der Waals surface area contributed by atoms with Crippen molar-refractivity contribution in [2.24, 2.45) is 0 Å². The lowest BCUT2D eigenvalue weighted by Gasteiger charge is -2.26. The second kappa shape index (κ2) is 6.21. The Bertz CT molecular complexity index is 733. The quantitative estimate of drug-likeness (QED) is 0.537. The highest BCUT2D eigenvalue weighted by atomic mass is 79.9. The van der Waals surface area contributed by atoms with Gasteiger partial charge in [0.1, 0.15) is 15.1 Å². The third-order valence-corrected chi connectivity index (χ3v) is 8.04. The van der Waals surface area contributed by atoms with Crippen LogP contribution in [0.3, 0.4) is 0 Å². The van der Waals surface area contributed by atoms with Crippen LogP contribution in [0, 0.1) is 5.82 Å². The van der Waals surface area contributed by atoms with E-state index < -0.39 is 20.0 Å². The van der Waals surface area contributed by atoms with Gasteiger partial charge >= 0.3 is 0 Å². The van der Waals surface area contributed by atoms with Crippen LogP contribution in [0.2, 0.25) is 0 Å². The molecule has 1 saturated heterocycles. The summed E-state index contributed by atoms with van der Waals surface area (Å²) in [5.41, 5.74) is 0.596. The number of halogens is 5. The van der Waals surface area contributed by atoms with E-state index in [4.69, 9.17) is 11.6 Å². The number of carbonyl (C=O) groups excluding carboxylic acids is 2. The van der Waals surface area contributed by atoms with Crippen LogP contribution in [0.15, 0.2) is 22.7 Å². The molecule has 3 rings (SSSR count). The topological polar surface area (TPSA) is 40.6 Å². The lowest BCUT2D eigenvalue weighted by atomic mass is 10.2. The summed E-state index contributed by atoms with van der Waals surface area (Å²) in [5, 5.41) is 0. The first-order valence-electron chi connectivity index (χ1n) is 7.19. The average molecular weight is 547 g/mol. The Morgan fingerprint density at radius 3 is 2.62 bits per heavy atom. The molecule has 2 amide bonds. The van der Waals surface area contributed by atoms with Crippen molar-refractivity contribution in [1.82, 2.24) is 4.90 Å². The summed E-state index contributed by atoms with van der Waals surface area (Å²) in [7, 11) is 1.59. The number of anilines is 1. The Kier molecular flexibility index (Phi) is 4.82. The second-order valence-electron chi connectivity index (χ2n) is 5.99. The molecule has 0 spiro atoms. The van der Waals surface area contributed by atoms with Gasteiger partial charge in [-0.1, -0.05) is 31.9 Å². The molecule has 0 N–H and O–H groups in total. The predicted octanol–water partition coefficient (Wildman–Crippen LogP) is 4.02. The zero-order valence-electron chi connectivity index (χ0n) is 12.5. The van der Waals surface area contributed by atoms with Gasteiger partial charge in [0.2, 0.25) is 11.8 Å². The molecular formula is C15H13Br3ClFN2O2. The molecule has 1 heterocycles. The third kappa shape index (κ3) is 2.93. The van der Waals surface area contributed by atoms with Crippen molar-refractivity contribution in [2.45, 2.75) is 27.0 Å². The molecule has 1 saturated carbocycles. The molecule has 2 fully saturated rings. The zero-order chi connectivity index (χ0) is 17.9. The molecule has 4 nitrogen and oxygen atoms in total. The average Bonchev–Trinajstić information content (AvgIpc) is 2.85. The smallest absolute Gasteiger partial charge is 0.249 e. The van der Waals surface area contributed by atoms with Crippen molar-refractivity contribution >= 4 is 76.9 Å². The van der Waals surface area contributed by atoms with E-state index in [1.54, 1.807) is 24.1 Å². The van der Waals surface area contributed by atoms with Crippen LogP contribution in [0.25, 0.3) is 0 Å². The van der Waals surface area contributed by atoms with Gasteiger partial charge in [0.15, 0.2) is 4.87 Å². The molecular weight excluding hydrogens is 534 g/mol. The van der Waals surface area contributed by atoms with E-state index in [2.05, 4.69) is 47.8 Å². The molecule has 2 unspecified atom stereocenters. The number of hydrogen-bond acceptors (Lipinski definition) is 2. The van der Waals surface area contributed by atoms with Crippen molar-refractivity contribution in [1.29, 1.82) is 0 Å². The van der Waals surface area contributed by atoms with E-state index in [9.17, 15) is 14.0 Å². The van der Waals surface area contributed by atoms with Crippen LogP contribution in [0.5, 0.6) is 0 Å². The van der Waals surface area contributed by atoms with E-state index in [-0.39, 0.29) is 11.8 Å². The number of amides is 2. The van der Waals surface area contributed by atoms with E-state index in [0.29, 0.717) is 29.5 Å². The molecule has 1 aliphatic heterocycles. The summed E-state index contributed by atoms with van der Waals surface area (Å²) >= 11 is 16.2. The minimum Gasteiger partial charge on any atom is -0.332 e. The highest BCUT2D eigenvalue weighted by molar-refractivity contribution is 9.25. The standard InChI is InChI=1S/C15H13Br3ClFN2O2/c1-21(13(24)14(19)7-15(14,17)18)11-4-5-22(12(11)23)8-2-3-10(20)9(16)6-8/h2-3,6,11H,4-5,7H2,1H3. The van der Waals surface area contributed by atoms with Gasteiger partial charge in [-0.2, -0.15) is 0 Å². The van der Waals surface area contributed by atoms with Gasteiger partial charge in [-0.25, -0.2) is 4.39 Å². The number of rotatable bonds is 3. The first kappa shape index (κ1) is 18.6. The Morgan fingerprint density at radius 2 is 2.08 bits per heavy atom. The monoisotopic (exact) mass is 544 g/mol. The predicted molar refractivity (Wildman–Crippen MR) is 101 cm³/mol. The van der Waals surface area contributed by atoms with E-state index in [1.807, 2.05) is 0 Å². The number of benzene rings is 1. The van der Waals surface area contributed by atoms with Crippen LogP contribution in [-0.4, -0.2) is 44.5 Å². The van der Waals surface area contributed by atoms with Gasteiger partial charge in [-0.3, -0.25) is 9.59 Å². The molecule has 2 atom stereocenters. The summed E-state index contributed by atoms with van der Waals surface area (Å²) in [6.45, 7) is 0.461. The Hall–Kier alpha value is -0.180. The minimum absolute atomic E-state index is 0.194. The molecule has 1 aromatic rings. The Balaban J connectivity index is 1.76. The first-order valence-corrected chi connectivity index (χ1v) is 9.94. The molecule has 1 aromatic carbocycles. The van der Waals surface area contributed by atoms with Crippen LogP contribution in [0.4, 0.5) is 10.1 Å². The number of likely N-dealkylation sites (N-methyl/N-ethyl adjacent to an activating group) is 1. The lowest BCUT2D eigenvalue weighted by molar-refractivity contribution is -0.137.